The fourth-order valence-electron chi connectivity index (χ4n) is 2.88. The summed E-state index contributed by atoms with van der Waals surface area (Å²) in [4.78, 5) is 24.0. The SMILES string of the molecule is O=C(NCC1(C(=O)O)CCOCC1)c1ccc(Oc2ccccc2)cc1. The summed E-state index contributed by atoms with van der Waals surface area (Å²) < 4.78 is 10.9. The molecule has 1 fully saturated rings. The zero-order chi connectivity index (χ0) is 18.4. The number of aliphatic carboxylic acids is 1. The Bertz CT molecular complexity index is 752. The van der Waals surface area contributed by atoms with Crippen LogP contribution in [0, 0.1) is 5.41 Å². The van der Waals surface area contributed by atoms with Gasteiger partial charge in [-0.05, 0) is 49.2 Å². The molecule has 2 aromatic carbocycles. The topological polar surface area (TPSA) is 84.9 Å². The third kappa shape index (κ3) is 4.21. The van der Waals surface area contributed by atoms with E-state index >= 15 is 0 Å². The van der Waals surface area contributed by atoms with Gasteiger partial charge >= 0.3 is 5.97 Å². The number of para-hydroxylation sites is 1. The third-order valence-electron chi connectivity index (χ3n) is 4.59. The quantitative estimate of drug-likeness (QED) is 0.832. The maximum atomic E-state index is 12.3. The van der Waals surface area contributed by atoms with Crippen LogP contribution in [0.2, 0.25) is 0 Å². The third-order valence-corrected chi connectivity index (χ3v) is 4.59. The largest absolute Gasteiger partial charge is 0.481 e. The maximum absolute atomic E-state index is 12.3. The molecule has 1 aliphatic rings. The average Bonchev–Trinajstić information content (AvgIpc) is 2.68. The van der Waals surface area contributed by atoms with E-state index in [1.54, 1.807) is 24.3 Å². The number of carbonyl (C=O) groups is 2. The molecule has 0 bridgehead atoms. The van der Waals surface area contributed by atoms with Crippen LogP contribution >= 0.6 is 0 Å². The molecular weight excluding hydrogens is 334 g/mol. The number of ether oxygens (including phenoxy) is 2. The normalized spacial score (nSPS) is 15.8. The lowest BCUT2D eigenvalue weighted by molar-refractivity contribution is -0.154. The van der Waals surface area contributed by atoms with Crippen molar-refractivity contribution in [2.75, 3.05) is 19.8 Å². The molecule has 0 saturated carbocycles. The molecule has 6 heteroatoms. The highest BCUT2D eigenvalue weighted by Crippen LogP contribution is 2.30. The molecule has 2 aromatic rings. The van der Waals surface area contributed by atoms with Gasteiger partial charge in [-0.25, -0.2) is 0 Å². The molecule has 1 heterocycles. The van der Waals surface area contributed by atoms with Gasteiger partial charge in [-0.3, -0.25) is 9.59 Å². The Balaban J connectivity index is 1.60. The molecular formula is C20H21NO5. The maximum Gasteiger partial charge on any atom is 0.311 e. The second kappa shape index (κ2) is 8.01. The molecule has 1 amide bonds. The van der Waals surface area contributed by atoms with Crippen LogP contribution in [0.3, 0.4) is 0 Å². The Labute approximate surface area is 151 Å². The summed E-state index contributed by atoms with van der Waals surface area (Å²) in [6, 6.07) is 16.1. The summed E-state index contributed by atoms with van der Waals surface area (Å²) in [5.74, 6) is 0.142. The zero-order valence-electron chi connectivity index (χ0n) is 14.3. The first-order valence-corrected chi connectivity index (χ1v) is 8.51. The molecule has 3 rings (SSSR count). The van der Waals surface area contributed by atoms with Gasteiger partial charge in [0.25, 0.3) is 5.91 Å². The molecule has 0 atom stereocenters. The van der Waals surface area contributed by atoms with E-state index in [1.165, 1.54) is 0 Å². The van der Waals surface area contributed by atoms with Gasteiger partial charge in [-0.1, -0.05) is 18.2 Å². The number of carbonyl (C=O) groups excluding carboxylic acids is 1. The van der Waals surface area contributed by atoms with E-state index in [0.717, 1.165) is 0 Å². The minimum absolute atomic E-state index is 0.0901. The van der Waals surface area contributed by atoms with Crippen molar-refractivity contribution in [3.63, 3.8) is 0 Å². The monoisotopic (exact) mass is 355 g/mol. The summed E-state index contributed by atoms with van der Waals surface area (Å²) in [7, 11) is 0. The number of benzene rings is 2. The van der Waals surface area contributed by atoms with Crippen molar-refractivity contribution in [3.8, 4) is 11.5 Å². The fraction of sp³-hybridized carbons (Fsp3) is 0.300. The van der Waals surface area contributed by atoms with E-state index in [9.17, 15) is 14.7 Å². The minimum atomic E-state index is -0.954. The highest BCUT2D eigenvalue weighted by atomic mass is 16.5. The number of hydrogen-bond donors (Lipinski definition) is 2. The minimum Gasteiger partial charge on any atom is -0.481 e. The van der Waals surface area contributed by atoms with E-state index in [-0.39, 0.29) is 12.5 Å². The number of nitrogens with one attached hydrogen (secondary N) is 1. The van der Waals surface area contributed by atoms with Gasteiger partial charge in [-0.15, -0.1) is 0 Å². The van der Waals surface area contributed by atoms with Crippen LogP contribution in [-0.2, 0) is 9.53 Å². The van der Waals surface area contributed by atoms with Gasteiger partial charge in [0.2, 0.25) is 0 Å². The van der Waals surface area contributed by atoms with Crippen molar-refractivity contribution in [2.45, 2.75) is 12.8 Å². The van der Waals surface area contributed by atoms with Crippen molar-refractivity contribution in [3.05, 3.63) is 60.2 Å². The standard InChI is InChI=1S/C20H21NO5/c22-18(21-14-20(19(23)24)10-12-25-13-11-20)15-6-8-17(9-7-15)26-16-4-2-1-3-5-16/h1-9H,10-14H2,(H,21,22)(H,23,24). The molecule has 0 aliphatic carbocycles. The van der Waals surface area contributed by atoms with Crippen LogP contribution in [0.15, 0.2) is 54.6 Å². The predicted molar refractivity (Wildman–Crippen MR) is 95.4 cm³/mol. The first-order chi connectivity index (χ1) is 12.6. The Morgan fingerprint density at radius 1 is 1.00 bits per heavy atom. The number of amides is 1. The van der Waals surface area contributed by atoms with Crippen LogP contribution in [-0.4, -0.2) is 36.7 Å². The summed E-state index contributed by atoms with van der Waals surface area (Å²) in [5, 5.41) is 12.3. The van der Waals surface area contributed by atoms with E-state index < -0.39 is 11.4 Å². The van der Waals surface area contributed by atoms with Gasteiger partial charge in [0.15, 0.2) is 0 Å². The average molecular weight is 355 g/mol. The van der Waals surface area contributed by atoms with E-state index in [1.807, 2.05) is 30.3 Å². The number of carboxylic acids is 1. The highest BCUT2D eigenvalue weighted by Gasteiger charge is 2.40. The second-order valence-corrected chi connectivity index (χ2v) is 6.32. The summed E-state index contributed by atoms with van der Waals surface area (Å²) in [6.07, 6.45) is 0.791. The van der Waals surface area contributed by atoms with Crippen LogP contribution in [0.5, 0.6) is 11.5 Å². The van der Waals surface area contributed by atoms with Crippen LogP contribution in [0.4, 0.5) is 0 Å². The second-order valence-electron chi connectivity index (χ2n) is 6.32. The van der Waals surface area contributed by atoms with E-state index in [0.29, 0.717) is 43.1 Å². The van der Waals surface area contributed by atoms with Gasteiger partial charge in [0, 0.05) is 25.3 Å². The first-order valence-electron chi connectivity index (χ1n) is 8.51. The van der Waals surface area contributed by atoms with E-state index in [2.05, 4.69) is 5.32 Å². The Morgan fingerprint density at radius 2 is 1.62 bits per heavy atom. The lowest BCUT2D eigenvalue weighted by Gasteiger charge is -2.33. The van der Waals surface area contributed by atoms with Gasteiger partial charge in [0.1, 0.15) is 11.5 Å². The molecule has 26 heavy (non-hydrogen) atoms. The lowest BCUT2D eigenvalue weighted by atomic mass is 9.80. The van der Waals surface area contributed by atoms with Gasteiger partial charge in [0.05, 0.1) is 5.41 Å². The molecule has 6 nitrogen and oxygen atoms in total. The summed E-state index contributed by atoms with van der Waals surface area (Å²) in [5.41, 5.74) is -0.498. The number of rotatable bonds is 6. The Hall–Kier alpha value is -2.86. The van der Waals surface area contributed by atoms with Crippen molar-refractivity contribution < 1.29 is 24.2 Å². The smallest absolute Gasteiger partial charge is 0.311 e. The molecule has 0 radical (unpaired) electrons. The van der Waals surface area contributed by atoms with Crippen molar-refractivity contribution in [1.82, 2.24) is 5.32 Å². The van der Waals surface area contributed by atoms with Crippen LogP contribution < -0.4 is 10.1 Å². The zero-order valence-corrected chi connectivity index (χ0v) is 14.3. The molecule has 0 unspecified atom stereocenters. The van der Waals surface area contributed by atoms with E-state index in [4.69, 9.17) is 9.47 Å². The molecule has 1 saturated heterocycles. The molecule has 1 aliphatic heterocycles. The summed E-state index contributed by atoms with van der Waals surface area (Å²) >= 11 is 0. The van der Waals surface area contributed by atoms with Crippen LogP contribution in [0.1, 0.15) is 23.2 Å². The van der Waals surface area contributed by atoms with Crippen LogP contribution in [0.25, 0.3) is 0 Å². The summed E-state index contributed by atoms with van der Waals surface area (Å²) in [6.45, 7) is 0.883. The predicted octanol–water partition coefficient (Wildman–Crippen LogP) is 3.09. The molecule has 0 spiro atoms. The van der Waals surface area contributed by atoms with Crippen molar-refractivity contribution >= 4 is 11.9 Å². The fourth-order valence-corrected chi connectivity index (χ4v) is 2.88. The van der Waals surface area contributed by atoms with Crippen molar-refractivity contribution in [2.24, 2.45) is 5.41 Å². The van der Waals surface area contributed by atoms with Crippen molar-refractivity contribution in [1.29, 1.82) is 0 Å². The number of hydrogen-bond acceptors (Lipinski definition) is 4. The first kappa shape index (κ1) is 17.9. The molecule has 0 aromatic heterocycles. The van der Waals surface area contributed by atoms with Gasteiger partial charge in [-0.2, -0.15) is 0 Å². The highest BCUT2D eigenvalue weighted by molar-refractivity contribution is 5.94. The lowest BCUT2D eigenvalue weighted by Crippen LogP contribution is -2.46. The molecule has 136 valence electrons. The Kier molecular flexibility index (Phi) is 5.53. The number of carboxylic acid groups (broad SMARTS) is 1. The Morgan fingerprint density at radius 3 is 2.23 bits per heavy atom. The molecule has 2 N–H and O–H groups in total. The van der Waals surface area contributed by atoms with Gasteiger partial charge < -0.3 is 19.9 Å².